The summed E-state index contributed by atoms with van der Waals surface area (Å²) in [5.74, 6) is 3.14. The molecular weight excluding hydrogens is 611 g/mol. The Hall–Kier alpha value is -0.420. The maximum atomic E-state index is 6.22. The number of rotatable bonds is 39. The molecule has 0 aromatic carbocycles. The van der Waals surface area contributed by atoms with Crippen molar-refractivity contribution in [1.29, 1.82) is 0 Å². The van der Waals surface area contributed by atoms with Crippen molar-refractivity contribution in [2.75, 3.05) is 38.3 Å². The van der Waals surface area contributed by atoms with Gasteiger partial charge in [0.2, 0.25) is 0 Å². The van der Waals surface area contributed by atoms with Gasteiger partial charge in [0.1, 0.15) is 0 Å². The first-order valence-electron chi connectivity index (χ1n) is 20.4. The molecule has 0 amide bonds. The molecule has 2 nitrogen and oxygen atoms in total. The normalized spacial score (nSPS) is 13.0. The van der Waals surface area contributed by atoms with Crippen molar-refractivity contribution in [3.05, 3.63) is 48.6 Å². The van der Waals surface area contributed by atoms with Gasteiger partial charge in [0, 0.05) is 24.7 Å². The quantitative estimate of drug-likeness (QED) is 0.0393. The second kappa shape index (κ2) is 43.6. The van der Waals surface area contributed by atoms with E-state index in [2.05, 4.69) is 78.6 Å². The molecule has 47 heavy (non-hydrogen) atoms. The van der Waals surface area contributed by atoms with Crippen LogP contribution in [0.15, 0.2) is 48.6 Å². The Morgan fingerprint density at radius 1 is 0.511 bits per heavy atom. The summed E-state index contributed by atoms with van der Waals surface area (Å²) >= 11 is 0. The summed E-state index contributed by atoms with van der Waals surface area (Å²) in [5.41, 5.74) is 0. The molecule has 4 heteroatoms. The lowest BCUT2D eigenvalue weighted by atomic mass is 10.0. The van der Waals surface area contributed by atoms with E-state index in [1.165, 1.54) is 166 Å². The van der Waals surface area contributed by atoms with E-state index in [9.17, 15) is 0 Å². The molecule has 1 N–H and O–H groups in total. The maximum Gasteiger partial charge on any atom is 0.0502 e. The van der Waals surface area contributed by atoms with Crippen LogP contribution < -0.4 is 5.32 Å². The van der Waals surface area contributed by atoms with E-state index < -0.39 is 0 Å². The van der Waals surface area contributed by atoms with Crippen LogP contribution in [0.1, 0.15) is 181 Å². The van der Waals surface area contributed by atoms with E-state index >= 15 is 0 Å². The summed E-state index contributed by atoms with van der Waals surface area (Å²) in [6.45, 7) is 7.55. The molecule has 0 aliphatic carbocycles. The highest BCUT2D eigenvalue weighted by Gasteiger charge is 2.10. The molecule has 0 spiro atoms. The van der Waals surface area contributed by atoms with Gasteiger partial charge in [0.25, 0.3) is 0 Å². The van der Waals surface area contributed by atoms with Gasteiger partial charge < -0.3 is 10.1 Å². The number of unbranched alkanes of at least 4 members (excludes halogenated alkanes) is 19. The van der Waals surface area contributed by atoms with Gasteiger partial charge in [0.15, 0.2) is 0 Å². The standard InChI is InChI=1S/C43H81NOS2/c1-4-6-8-10-12-14-16-18-20-22-23-25-27-29-31-33-35-37-43(42-47-46-40-38-44-3)41-45-39-36-34-32-30-28-26-24-21-19-17-15-13-11-9-7-5-2/h12-15,18-21,43-44H,4-11,16-17,22-42H2,1-3H3/b14-12-,15-13-,20-18-,21-19-. The molecule has 0 radical (unpaired) electrons. The largest absolute Gasteiger partial charge is 0.381 e. The van der Waals surface area contributed by atoms with Crippen molar-refractivity contribution in [2.24, 2.45) is 5.92 Å². The van der Waals surface area contributed by atoms with Crippen LogP contribution in [0.5, 0.6) is 0 Å². The summed E-state index contributed by atoms with van der Waals surface area (Å²) in [6, 6.07) is 0. The predicted octanol–water partition coefficient (Wildman–Crippen LogP) is 14.6. The number of nitrogens with one attached hydrogen (secondary N) is 1. The van der Waals surface area contributed by atoms with E-state index in [4.69, 9.17) is 4.74 Å². The first-order chi connectivity index (χ1) is 23.3. The third-order valence-electron chi connectivity index (χ3n) is 8.73. The van der Waals surface area contributed by atoms with Crippen LogP contribution >= 0.6 is 21.6 Å². The van der Waals surface area contributed by atoms with Crippen LogP contribution in [0.3, 0.4) is 0 Å². The van der Waals surface area contributed by atoms with Crippen LogP contribution in [0.25, 0.3) is 0 Å². The van der Waals surface area contributed by atoms with Crippen LogP contribution in [0.4, 0.5) is 0 Å². The highest BCUT2D eigenvalue weighted by molar-refractivity contribution is 8.76. The Kier molecular flexibility index (Phi) is 43.2. The van der Waals surface area contributed by atoms with E-state index in [0.717, 1.165) is 32.6 Å². The lowest BCUT2D eigenvalue weighted by Crippen LogP contribution is -2.13. The van der Waals surface area contributed by atoms with Gasteiger partial charge >= 0.3 is 0 Å². The molecule has 1 unspecified atom stereocenters. The molecule has 0 aliphatic rings. The Labute approximate surface area is 304 Å². The second-order valence-corrected chi connectivity index (χ2v) is 16.1. The molecule has 0 bridgehead atoms. The lowest BCUT2D eigenvalue weighted by molar-refractivity contribution is 0.0990. The first-order valence-corrected chi connectivity index (χ1v) is 22.9. The fourth-order valence-corrected chi connectivity index (χ4v) is 8.03. The van der Waals surface area contributed by atoms with Gasteiger partial charge in [-0.05, 0) is 90.0 Å². The molecule has 276 valence electrons. The molecule has 0 aromatic rings. The molecule has 1 atom stereocenters. The maximum absolute atomic E-state index is 6.22. The minimum Gasteiger partial charge on any atom is -0.381 e. The third kappa shape index (κ3) is 41.7. The fourth-order valence-electron chi connectivity index (χ4n) is 5.60. The first kappa shape index (κ1) is 46.6. The van der Waals surface area contributed by atoms with E-state index in [-0.39, 0.29) is 0 Å². The smallest absolute Gasteiger partial charge is 0.0502 e. The zero-order chi connectivity index (χ0) is 34.0. The van der Waals surface area contributed by atoms with Crippen LogP contribution in [-0.4, -0.2) is 38.3 Å². The van der Waals surface area contributed by atoms with Gasteiger partial charge in [0.05, 0.1) is 6.61 Å². The third-order valence-corrected chi connectivity index (χ3v) is 11.3. The number of hydrogen-bond donors (Lipinski definition) is 1. The van der Waals surface area contributed by atoms with Gasteiger partial charge in [-0.25, -0.2) is 0 Å². The van der Waals surface area contributed by atoms with Crippen LogP contribution in [0.2, 0.25) is 0 Å². The van der Waals surface area contributed by atoms with Gasteiger partial charge in [-0.2, -0.15) is 0 Å². The number of allylic oxidation sites excluding steroid dienone is 8. The fraction of sp³-hybridized carbons (Fsp3) is 0.814. The Morgan fingerprint density at radius 2 is 0.957 bits per heavy atom. The minimum absolute atomic E-state index is 0.713. The van der Waals surface area contributed by atoms with E-state index in [1.54, 1.807) is 0 Å². The molecule has 0 heterocycles. The minimum atomic E-state index is 0.713. The average molecular weight is 692 g/mol. The Morgan fingerprint density at radius 3 is 1.45 bits per heavy atom. The number of ether oxygens (including phenoxy) is 1. The van der Waals surface area contributed by atoms with Crippen molar-refractivity contribution in [3.8, 4) is 0 Å². The highest BCUT2D eigenvalue weighted by Crippen LogP contribution is 2.26. The summed E-state index contributed by atoms with van der Waals surface area (Å²) in [4.78, 5) is 0. The molecule has 0 saturated carbocycles. The summed E-state index contributed by atoms with van der Waals surface area (Å²) < 4.78 is 6.22. The SMILES string of the molecule is CCCCC/C=C\C/C=C\CCCCCCCCCC(COCCCCCCCC/C=C\C/C=C\CCCCC)CSSCCNC. The van der Waals surface area contributed by atoms with Crippen LogP contribution in [-0.2, 0) is 4.74 Å². The molecular formula is C43H81NOS2. The summed E-state index contributed by atoms with van der Waals surface area (Å²) in [5, 5.41) is 3.26. The summed E-state index contributed by atoms with van der Waals surface area (Å²) in [7, 11) is 6.13. The van der Waals surface area contributed by atoms with Crippen LogP contribution in [0, 0.1) is 5.92 Å². The Balaban J connectivity index is 3.78. The molecule has 0 aliphatic heterocycles. The number of hydrogen-bond acceptors (Lipinski definition) is 4. The van der Waals surface area contributed by atoms with Crippen molar-refractivity contribution in [2.45, 2.75) is 181 Å². The van der Waals surface area contributed by atoms with Gasteiger partial charge in [-0.15, -0.1) is 0 Å². The highest BCUT2D eigenvalue weighted by atomic mass is 33.1. The monoisotopic (exact) mass is 692 g/mol. The zero-order valence-corrected chi connectivity index (χ0v) is 33.5. The van der Waals surface area contributed by atoms with Crippen molar-refractivity contribution >= 4 is 21.6 Å². The van der Waals surface area contributed by atoms with E-state index in [0.29, 0.717) is 5.92 Å². The molecule has 0 fully saturated rings. The van der Waals surface area contributed by atoms with Crippen molar-refractivity contribution in [3.63, 3.8) is 0 Å². The zero-order valence-electron chi connectivity index (χ0n) is 31.8. The van der Waals surface area contributed by atoms with Gasteiger partial charge in [-0.3, -0.25) is 0 Å². The lowest BCUT2D eigenvalue weighted by Gasteiger charge is -2.17. The van der Waals surface area contributed by atoms with Crippen molar-refractivity contribution in [1.82, 2.24) is 5.32 Å². The molecule has 0 saturated heterocycles. The molecule has 0 rings (SSSR count). The predicted molar refractivity (Wildman–Crippen MR) is 221 cm³/mol. The topological polar surface area (TPSA) is 21.3 Å². The van der Waals surface area contributed by atoms with Crippen molar-refractivity contribution < 1.29 is 4.74 Å². The summed E-state index contributed by atoms with van der Waals surface area (Å²) in [6.07, 6.45) is 53.2. The van der Waals surface area contributed by atoms with Gasteiger partial charge in [-0.1, -0.05) is 174 Å². The second-order valence-electron chi connectivity index (χ2n) is 13.5. The Bertz CT molecular complexity index is 689. The van der Waals surface area contributed by atoms with E-state index in [1.807, 2.05) is 17.8 Å². The molecule has 0 aromatic heterocycles. The average Bonchev–Trinajstić information content (AvgIpc) is 3.08.